The van der Waals surface area contributed by atoms with E-state index in [2.05, 4.69) is 301 Å². The maximum atomic E-state index is 2.52. The first-order valence-electron chi connectivity index (χ1n) is 26.0. The van der Waals surface area contributed by atoms with Crippen molar-refractivity contribution in [1.29, 1.82) is 0 Å². The van der Waals surface area contributed by atoms with Crippen molar-refractivity contribution in [3.63, 3.8) is 0 Å². The van der Waals surface area contributed by atoms with Crippen LogP contribution < -0.4 is 4.90 Å². The third-order valence-electron chi connectivity index (χ3n) is 16.0. The van der Waals surface area contributed by atoms with Crippen LogP contribution in [0.1, 0.15) is 22.3 Å². The fourth-order valence-electron chi connectivity index (χ4n) is 12.9. The highest BCUT2D eigenvalue weighted by Gasteiger charge is 2.52. The molecule has 1 aromatic heterocycles. The van der Waals surface area contributed by atoms with Gasteiger partial charge in [-0.15, -0.1) is 0 Å². The molecule has 2 heteroatoms. The highest BCUT2D eigenvalue weighted by Crippen LogP contribution is 2.65. The molecule has 1 heterocycles. The van der Waals surface area contributed by atoms with Gasteiger partial charge in [0.2, 0.25) is 0 Å². The van der Waals surface area contributed by atoms with Crippen molar-refractivity contribution in [2.75, 3.05) is 4.90 Å². The van der Waals surface area contributed by atoms with E-state index in [9.17, 15) is 0 Å². The molecule has 2 nitrogen and oxygen atoms in total. The summed E-state index contributed by atoms with van der Waals surface area (Å²) in [6.45, 7) is 0. The Morgan fingerprint density at radius 1 is 0.280 bits per heavy atom. The summed E-state index contributed by atoms with van der Waals surface area (Å²) in [7, 11) is 0. The standard InChI is InChI=1S/C73H48N2/c1-4-22-49(23-5-1)52-46-53(48-54(47-52)58-33-20-40-69-71(58)62-32-14-19-39-68(62)74(69)55-26-8-3-9-27-55)50-42-44-56(45-43-50)75(67-38-18-13-28-57(67)51-24-6-2-7-25-51)70-41-21-37-66-72(70)61-31-12-17-36-65(61)73(66)63-34-15-10-29-59(63)60-30-11-16-35-64(60)73/h1-48H. The molecule has 0 aliphatic heterocycles. The Kier molecular flexibility index (Phi) is 9.83. The quantitative estimate of drug-likeness (QED) is 0.147. The zero-order valence-electron chi connectivity index (χ0n) is 41.1. The Labute approximate surface area is 437 Å². The monoisotopic (exact) mass is 952 g/mol. The van der Waals surface area contributed by atoms with E-state index < -0.39 is 5.41 Å². The second kappa shape index (κ2) is 17.2. The first-order valence-corrected chi connectivity index (χ1v) is 26.0. The van der Waals surface area contributed by atoms with Crippen LogP contribution in [0.5, 0.6) is 0 Å². The molecule has 0 radical (unpaired) electrons. The normalized spacial score (nSPS) is 12.6. The Morgan fingerprint density at radius 3 is 1.44 bits per heavy atom. The van der Waals surface area contributed by atoms with Crippen LogP contribution in [0.15, 0.2) is 291 Å². The van der Waals surface area contributed by atoms with Crippen LogP contribution >= 0.6 is 0 Å². The molecule has 75 heavy (non-hydrogen) atoms. The summed E-state index contributed by atoms with van der Waals surface area (Å²) >= 11 is 0. The van der Waals surface area contributed by atoms with Gasteiger partial charge in [-0.05, 0) is 145 Å². The van der Waals surface area contributed by atoms with E-state index in [0.717, 1.165) is 33.9 Å². The molecular formula is C73H48N2. The molecule has 1 spiro atoms. The van der Waals surface area contributed by atoms with Crippen molar-refractivity contribution < 1.29 is 0 Å². The number of para-hydroxylation sites is 3. The molecule has 0 amide bonds. The summed E-state index contributed by atoms with van der Waals surface area (Å²) in [5.41, 5.74) is 26.3. The van der Waals surface area contributed by atoms with E-state index in [1.54, 1.807) is 0 Å². The molecule has 15 rings (SSSR count). The third-order valence-corrected chi connectivity index (χ3v) is 16.0. The number of hydrogen-bond acceptors (Lipinski definition) is 1. The summed E-state index contributed by atoms with van der Waals surface area (Å²) in [6.07, 6.45) is 0. The largest absolute Gasteiger partial charge is 0.309 e. The van der Waals surface area contributed by atoms with Crippen LogP contribution in [0.4, 0.5) is 17.1 Å². The van der Waals surface area contributed by atoms with Gasteiger partial charge in [0.05, 0.1) is 27.8 Å². The summed E-state index contributed by atoms with van der Waals surface area (Å²) in [5.74, 6) is 0. The number of hydrogen-bond donors (Lipinski definition) is 0. The average Bonchev–Trinajstić information content (AvgIpc) is 4.31. The van der Waals surface area contributed by atoms with Crippen LogP contribution in [-0.2, 0) is 5.41 Å². The zero-order chi connectivity index (χ0) is 49.5. The first kappa shape index (κ1) is 42.9. The van der Waals surface area contributed by atoms with Crippen molar-refractivity contribution >= 4 is 38.9 Å². The lowest BCUT2D eigenvalue weighted by Gasteiger charge is -2.32. The fourth-order valence-corrected chi connectivity index (χ4v) is 12.9. The van der Waals surface area contributed by atoms with Gasteiger partial charge in [0.25, 0.3) is 0 Å². The lowest BCUT2D eigenvalue weighted by molar-refractivity contribution is 0.794. The summed E-state index contributed by atoms with van der Waals surface area (Å²) in [6, 6.07) is 108. The molecule has 12 aromatic carbocycles. The smallest absolute Gasteiger partial charge is 0.0726 e. The number of fused-ring (bicyclic) bond motifs is 13. The third kappa shape index (κ3) is 6.53. The number of anilines is 3. The highest BCUT2D eigenvalue weighted by molar-refractivity contribution is 6.16. The van der Waals surface area contributed by atoms with Crippen molar-refractivity contribution in [2.24, 2.45) is 0 Å². The minimum Gasteiger partial charge on any atom is -0.309 e. The van der Waals surface area contributed by atoms with Gasteiger partial charge in [-0.1, -0.05) is 224 Å². The second-order valence-corrected chi connectivity index (χ2v) is 19.9. The molecule has 13 aromatic rings. The summed E-state index contributed by atoms with van der Waals surface area (Å²) in [5, 5.41) is 2.49. The predicted molar refractivity (Wildman–Crippen MR) is 314 cm³/mol. The molecule has 350 valence electrons. The van der Waals surface area contributed by atoms with E-state index in [4.69, 9.17) is 0 Å². The molecule has 0 atom stereocenters. The number of benzene rings is 12. The van der Waals surface area contributed by atoms with E-state index >= 15 is 0 Å². The van der Waals surface area contributed by atoms with E-state index in [-0.39, 0.29) is 0 Å². The molecule has 2 aliphatic rings. The van der Waals surface area contributed by atoms with Gasteiger partial charge < -0.3 is 9.47 Å². The molecular weight excluding hydrogens is 905 g/mol. The Bertz CT molecular complexity index is 4290. The highest BCUT2D eigenvalue weighted by atomic mass is 15.1. The van der Waals surface area contributed by atoms with Crippen LogP contribution in [0.3, 0.4) is 0 Å². The number of nitrogens with zero attached hydrogens (tertiary/aromatic N) is 2. The Balaban J connectivity index is 0.934. The van der Waals surface area contributed by atoms with Crippen LogP contribution in [0.25, 0.3) is 94.3 Å². The molecule has 0 saturated heterocycles. The van der Waals surface area contributed by atoms with Crippen molar-refractivity contribution in [3.05, 3.63) is 313 Å². The summed E-state index contributed by atoms with van der Waals surface area (Å²) in [4.78, 5) is 2.52. The van der Waals surface area contributed by atoms with Gasteiger partial charge >= 0.3 is 0 Å². The van der Waals surface area contributed by atoms with Gasteiger partial charge in [-0.3, -0.25) is 0 Å². The molecule has 2 aliphatic carbocycles. The van der Waals surface area contributed by atoms with Gasteiger partial charge in [0, 0.05) is 33.3 Å². The van der Waals surface area contributed by atoms with Crippen molar-refractivity contribution in [2.45, 2.75) is 5.41 Å². The van der Waals surface area contributed by atoms with Crippen molar-refractivity contribution in [1.82, 2.24) is 4.57 Å². The predicted octanol–water partition coefficient (Wildman–Crippen LogP) is 19.3. The van der Waals surface area contributed by atoms with E-state index in [0.29, 0.717) is 0 Å². The average molecular weight is 953 g/mol. The van der Waals surface area contributed by atoms with E-state index in [1.807, 2.05) is 0 Å². The lowest BCUT2D eigenvalue weighted by Crippen LogP contribution is -2.26. The zero-order valence-corrected chi connectivity index (χ0v) is 41.1. The first-order chi connectivity index (χ1) is 37.2. The maximum Gasteiger partial charge on any atom is 0.0726 e. The van der Waals surface area contributed by atoms with Gasteiger partial charge in [0.1, 0.15) is 0 Å². The molecule has 0 saturated carbocycles. The fraction of sp³-hybridized carbons (Fsp3) is 0.0137. The molecule has 0 N–H and O–H groups in total. The number of aromatic nitrogens is 1. The molecule has 0 bridgehead atoms. The van der Waals surface area contributed by atoms with Crippen LogP contribution in [0.2, 0.25) is 0 Å². The minimum absolute atomic E-state index is 0.466. The lowest BCUT2D eigenvalue weighted by atomic mass is 9.70. The van der Waals surface area contributed by atoms with Crippen molar-refractivity contribution in [3.8, 4) is 72.4 Å². The molecule has 0 unspecified atom stereocenters. The molecule has 0 fully saturated rings. The van der Waals surface area contributed by atoms with Gasteiger partial charge in [-0.2, -0.15) is 0 Å². The number of rotatable bonds is 8. The van der Waals surface area contributed by atoms with Gasteiger partial charge in [-0.25, -0.2) is 0 Å². The Morgan fingerprint density at radius 2 is 0.747 bits per heavy atom. The topological polar surface area (TPSA) is 8.17 Å². The van der Waals surface area contributed by atoms with E-state index in [1.165, 1.54) is 99.7 Å². The van der Waals surface area contributed by atoms with Gasteiger partial charge in [0.15, 0.2) is 0 Å². The van der Waals surface area contributed by atoms with Crippen LogP contribution in [-0.4, -0.2) is 4.57 Å². The van der Waals surface area contributed by atoms with Crippen LogP contribution in [0, 0.1) is 0 Å². The Hall–Kier alpha value is -9.76. The minimum atomic E-state index is -0.466. The SMILES string of the molecule is c1ccc(-c2cc(-c3ccc(N(c4ccccc4-c4ccccc4)c4cccc5c4-c4ccccc4C54c5ccccc5-c5ccccc54)cc3)cc(-c3cccc4c3c3ccccc3n4-c3ccccc3)c2)cc1. The maximum absolute atomic E-state index is 2.52. The summed E-state index contributed by atoms with van der Waals surface area (Å²) < 4.78 is 2.41. The second-order valence-electron chi connectivity index (χ2n) is 19.9.